The van der Waals surface area contributed by atoms with E-state index in [9.17, 15) is 19.2 Å². The third kappa shape index (κ3) is 14.6. The maximum Gasteiger partial charge on any atom is 0.408 e. The largest absolute Gasteiger partial charge is 0.445 e. The number of nitrogens with one attached hydrogen (secondary N) is 3. The molecule has 9 heteroatoms. The number of aldehydes is 1. The SMILES string of the molecule is CC(C)C.CC(C)CC(NC(=O)OCc1ccccc1)C(=O)NCC(=O)NC(C=O)Cc1ccc(N)cc1. The summed E-state index contributed by atoms with van der Waals surface area (Å²) in [6, 6.07) is 14.5. The summed E-state index contributed by atoms with van der Waals surface area (Å²) in [5.74, 6) is -0.0871. The van der Waals surface area contributed by atoms with E-state index in [4.69, 9.17) is 10.5 Å². The Hall–Kier alpha value is -3.88. The van der Waals surface area contributed by atoms with Crippen molar-refractivity contribution in [3.63, 3.8) is 0 Å². The number of alkyl carbamates (subject to hydrolysis) is 1. The van der Waals surface area contributed by atoms with Crippen LogP contribution in [0.2, 0.25) is 0 Å². The number of ether oxygens (including phenoxy) is 1. The minimum absolute atomic E-state index is 0.0756. The molecule has 2 aromatic carbocycles. The average molecular weight is 527 g/mol. The van der Waals surface area contributed by atoms with E-state index in [0.29, 0.717) is 24.8 Å². The molecule has 5 N–H and O–H groups in total. The zero-order valence-electron chi connectivity index (χ0n) is 23.0. The first-order chi connectivity index (χ1) is 18.0. The minimum Gasteiger partial charge on any atom is -0.445 e. The molecule has 0 spiro atoms. The molecule has 0 saturated heterocycles. The smallest absolute Gasteiger partial charge is 0.408 e. The second-order valence-corrected chi connectivity index (χ2v) is 10.1. The monoisotopic (exact) mass is 526 g/mol. The van der Waals surface area contributed by atoms with Gasteiger partial charge in [-0.1, -0.05) is 77.1 Å². The quantitative estimate of drug-likeness (QED) is 0.246. The predicted octanol–water partition coefficient (Wildman–Crippen LogP) is 3.61. The minimum atomic E-state index is -0.868. The van der Waals surface area contributed by atoms with Gasteiger partial charge in [0.05, 0.1) is 12.6 Å². The molecule has 0 heterocycles. The summed E-state index contributed by atoms with van der Waals surface area (Å²) in [4.78, 5) is 48.5. The fourth-order valence-electron chi connectivity index (χ4n) is 3.20. The van der Waals surface area contributed by atoms with Gasteiger partial charge in [-0.3, -0.25) is 9.59 Å². The maximum atomic E-state index is 12.6. The molecule has 3 amide bonds. The topological polar surface area (TPSA) is 140 Å². The first-order valence-corrected chi connectivity index (χ1v) is 12.8. The van der Waals surface area contributed by atoms with Crippen molar-refractivity contribution in [3.05, 3.63) is 65.7 Å². The second-order valence-electron chi connectivity index (χ2n) is 10.1. The fourth-order valence-corrected chi connectivity index (χ4v) is 3.20. The molecular formula is C29H42N4O5. The molecule has 0 saturated carbocycles. The summed E-state index contributed by atoms with van der Waals surface area (Å²) in [6.07, 6.45) is 0.580. The lowest BCUT2D eigenvalue weighted by Gasteiger charge is -2.20. The lowest BCUT2D eigenvalue weighted by Crippen LogP contribution is -2.50. The molecule has 0 aliphatic carbocycles. The number of hydrogen-bond donors (Lipinski definition) is 4. The van der Waals surface area contributed by atoms with Crippen molar-refractivity contribution in [3.8, 4) is 0 Å². The first-order valence-electron chi connectivity index (χ1n) is 12.8. The second kappa shape index (κ2) is 17.6. The van der Waals surface area contributed by atoms with Crippen LogP contribution in [0.5, 0.6) is 0 Å². The molecule has 0 aromatic heterocycles. The van der Waals surface area contributed by atoms with Gasteiger partial charge in [0, 0.05) is 5.69 Å². The number of hydrogen-bond acceptors (Lipinski definition) is 6. The first kappa shape index (κ1) is 32.1. The molecule has 0 radical (unpaired) electrons. The Labute approximate surface area is 225 Å². The van der Waals surface area contributed by atoms with Crippen molar-refractivity contribution in [2.45, 2.75) is 66.2 Å². The van der Waals surface area contributed by atoms with Gasteiger partial charge in [0.2, 0.25) is 11.8 Å². The number of carbonyl (C=O) groups is 4. The third-order valence-electron chi connectivity index (χ3n) is 4.90. The van der Waals surface area contributed by atoms with E-state index < -0.39 is 30.0 Å². The number of amides is 3. The van der Waals surface area contributed by atoms with Crippen LogP contribution in [0.25, 0.3) is 0 Å². The highest BCUT2D eigenvalue weighted by atomic mass is 16.5. The van der Waals surface area contributed by atoms with Crippen LogP contribution < -0.4 is 21.7 Å². The summed E-state index contributed by atoms with van der Waals surface area (Å²) in [7, 11) is 0. The van der Waals surface area contributed by atoms with Crippen LogP contribution in [0.3, 0.4) is 0 Å². The number of anilines is 1. The number of nitrogens with two attached hydrogens (primary N) is 1. The number of carbonyl (C=O) groups excluding carboxylic acids is 4. The van der Waals surface area contributed by atoms with Gasteiger partial charge >= 0.3 is 6.09 Å². The van der Waals surface area contributed by atoms with Crippen molar-refractivity contribution in [2.24, 2.45) is 11.8 Å². The fraction of sp³-hybridized carbons (Fsp3) is 0.448. The van der Waals surface area contributed by atoms with Gasteiger partial charge in [0.15, 0.2) is 0 Å². The normalized spacial score (nSPS) is 12.0. The Kier molecular flexibility index (Phi) is 14.9. The van der Waals surface area contributed by atoms with Crippen molar-refractivity contribution < 1.29 is 23.9 Å². The molecule has 2 atom stereocenters. The molecule has 0 aliphatic rings. The van der Waals surface area contributed by atoms with Crippen molar-refractivity contribution in [1.29, 1.82) is 0 Å². The van der Waals surface area contributed by atoms with Crippen LogP contribution in [0.1, 0.15) is 52.2 Å². The van der Waals surface area contributed by atoms with Crippen LogP contribution in [0.15, 0.2) is 54.6 Å². The van der Waals surface area contributed by atoms with Gasteiger partial charge in [0.1, 0.15) is 18.9 Å². The molecule has 0 bridgehead atoms. The summed E-state index contributed by atoms with van der Waals surface area (Å²) < 4.78 is 5.19. The molecule has 208 valence electrons. The Morgan fingerprint density at radius 2 is 1.50 bits per heavy atom. The van der Waals surface area contributed by atoms with Crippen molar-refractivity contribution in [1.82, 2.24) is 16.0 Å². The zero-order valence-corrected chi connectivity index (χ0v) is 23.0. The van der Waals surface area contributed by atoms with Crippen molar-refractivity contribution in [2.75, 3.05) is 12.3 Å². The van der Waals surface area contributed by atoms with Crippen LogP contribution >= 0.6 is 0 Å². The number of benzene rings is 2. The molecule has 2 rings (SSSR count). The Balaban J connectivity index is 0.00000168. The van der Waals surface area contributed by atoms with Crippen LogP contribution in [-0.4, -0.2) is 42.8 Å². The summed E-state index contributed by atoms with van der Waals surface area (Å²) >= 11 is 0. The third-order valence-corrected chi connectivity index (χ3v) is 4.90. The van der Waals surface area contributed by atoms with Gasteiger partial charge in [-0.05, 0) is 47.9 Å². The van der Waals surface area contributed by atoms with E-state index in [-0.39, 0.29) is 19.1 Å². The molecule has 2 aromatic rings. The van der Waals surface area contributed by atoms with E-state index in [1.165, 1.54) is 0 Å². The number of rotatable bonds is 12. The summed E-state index contributed by atoms with van der Waals surface area (Å²) in [5.41, 5.74) is 7.92. The van der Waals surface area contributed by atoms with Crippen LogP contribution in [-0.2, 0) is 32.1 Å². The average Bonchev–Trinajstić information content (AvgIpc) is 2.86. The van der Waals surface area contributed by atoms with Crippen LogP contribution in [0.4, 0.5) is 10.5 Å². The lowest BCUT2D eigenvalue weighted by atomic mass is 10.0. The number of nitrogen functional groups attached to an aromatic ring is 1. The van der Waals surface area contributed by atoms with Crippen LogP contribution in [0, 0.1) is 11.8 Å². The molecule has 9 nitrogen and oxygen atoms in total. The Morgan fingerprint density at radius 3 is 2.05 bits per heavy atom. The molecule has 0 aliphatic heterocycles. The van der Waals surface area contributed by atoms with E-state index in [2.05, 4.69) is 36.7 Å². The standard InChI is InChI=1S/C25H32N4O5.C4H10/c1-17(2)12-22(29-25(33)34-16-19-6-4-3-5-7-19)24(32)27-14-23(31)28-21(15-30)13-18-8-10-20(26)11-9-18;1-4(2)3/h3-11,15,17,21-22H,12-14,16,26H2,1-2H3,(H,27,32)(H,28,31)(H,29,33);4H,1-3H3. The Bertz CT molecular complexity index is 991. The summed E-state index contributed by atoms with van der Waals surface area (Å²) in [6.45, 7) is 10.1. The van der Waals surface area contributed by atoms with E-state index in [1.54, 1.807) is 24.3 Å². The molecular weight excluding hydrogens is 484 g/mol. The van der Waals surface area contributed by atoms with E-state index >= 15 is 0 Å². The van der Waals surface area contributed by atoms with Gasteiger partial charge < -0.3 is 31.2 Å². The zero-order chi connectivity index (χ0) is 28.5. The van der Waals surface area contributed by atoms with E-state index in [1.807, 2.05) is 44.2 Å². The lowest BCUT2D eigenvalue weighted by molar-refractivity contribution is -0.128. The Morgan fingerprint density at radius 1 is 0.895 bits per heavy atom. The highest BCUT2D eigenvalue weighted by Crippen LogP contribution is 2.08. The van der Waals surface area contributed by atoms with Gasteiger partial charge in [-0.15, -0.1) is 0 Å². The van der Waals surface area contributed by atoms with Gasteiger partial charge in [-0.25, -0.2) is 4.79 Å². The maximum absolute atomic E-state index is 12.6. The van der Waals surface area contributed by atoms with Crippen molar-refractivity contribution >= 4 is 29.9 Å². The van der Waals surface area contributed by atoms with E-state index in [0.717, 1.165) is 17.0 Å². The van der Waals surface area contributed by atoms with Gasteiger partial charge in [-0.2, -0.15) is 0 Å². The predicted molar refractivity (Wildman–Crippen MR) is 149 cm³/mol. The highest BCUT2D eigenvalue weighted by Gasteiger charge is 2.23. The molecule has 2 unspecified atom stereocenters. The summed E-state index contributed by atoms with van der Waals surface area (Å²) in [5, 5.41) is 7.65. The molecule has 0 fully saturated rings. The van der Waals surface area contributed by atoms with Gasteiger partial charge in [0.25, 0.3) is 0 Å². The molecule has 38 heavy (non-hydrogen) atoms. The highest BCUT2D eigenvalue weighted by molar-refractivity contribution is 5.90.